The summed E-state index contributed by atoms with van der Waals surface area (Å²) < 4.78 is 48.5. The normalized spacial score (nSPS) is 13.0. The minimum Gasteiger partial charge on any atom is -0.348 e. The summed E-state index contributed by atoms with van der Waals surface area (Å²) >= 11 is 6.09. The van der Waals surface area contributed by atoms with Crippen LogP contribution in [0.1, 0.15) is 24.1 Å². The first-order valence-corrected chi connectivity index (χ1v) is 12.7. The van der Waals surface area contributed by atoms with Crippen LogP contribution in [0.3, 0.4) is 0 Å². The van der Waals surface area contributed by atoms with E-state index in [1.54, 1.807) is 38.1 Å². The molecule has 29 heavy (non-hydrogen) atoms. The Morgan fingerprint density at radius 1 is 1.07 bits per heavy atom. The number of hydrogen-bond donors (Lipinski definition) is 1. The molecule has 0 heterocycles. The standard InChI is InChI=1S/C19H23ClN2O5S2/c1-13-5-8-16(11-18(13)20)22(29(4,26)27)12-19(23)21-14(2)15-6-9-17(10-7-15)28(3,24)25/h5-11,14H,12H2,1-4H3,(H,21,23)/t14-/m1/s1. The second-order valence-electron chi connectivity index (χ2n) is 6.83. The van der Waals surface area contributed by atoms with Gasteiger partial charge in [-0.3, -0.25) is 9.10 Å². The number of hydrogen-bond acceptors (Lipinski definition) is 5. The Kier molecular flexibility index (Phi) is 6.97. The number of sulfonamides is 1. The Bertz CT molecular complexity index is 1110. The molecule has 7 nitrogen and oxygen atoms in total. The van der Waals surface area contributed by atoms with Crippen molar-refractivity contribution in [3.63, 3.8) is 0 Å². The van der Waals surface area contributed by atoms with Crippen LogP contribution in [-0.2, 0) is 24.7 Å². The maximum Gasteiger partial charge on any atom is 0.241 e. The smallest absolute Gasteiger partial charge is 0.241 e. The molecule has 0 aromatic heterocycles. The van der Waals surface area contributed by atoms with Crippen LogP contribution in [0.15, 0.2) is 47.4 Å². The van der Waals surface area contributed by atoms with E-state index in [1.807, 2.05) is 0 Å². The average Bonchev–Trinajstić information content (AvgIpc) is 2.60. The molecule has 1 N–H and O–H groups in total. The number of anilines is 1. The van der Waals surface area contributed by atoms with Crippen LogP contribution in [0.2, 0.25) is 5.02 Å². The fourth-order valence-corrected chi connectivity index (χ4v) is 4.30. The van der Waals surface area contributed by atoms with Gasteiger partial charge >= 0.3 is 0 Å². The molecule has 0 unspecified atom stereocenters. The highest BCUT2D eigenvalue weighted by atomic mass is 35.5. The fraction of sp³-hybridized carbons (Fsp3) is 0.316. The number of halogens is 1. The summed E-state index contributed by atoms with van der Waals surface area (Å²) in [6.45, 7) is 3.10. The molecule has 2 aromatic rings. The minimum atomic E-state index is -3.72. The number of benzene rings is 2. The third-order valence-electron chi connectivity index (χ3n) is 4.32. The highest BCUT2D eigenvalue weighted by Gasteiger charge is 2.22. The summed E-state index contributed by atoms with van der Waals surface area (Å²) in [6, 6.07) is 10.5. The van der Waals surface area contributed by atoms with Gasteiger partial charge < -0.3 is 5.32 Å². The van der Waals surface area contributed by atoms with Gasteiger partial charge in [0.2, 0.25) is 15.9 Å². The summed E-state index contributed by atoms with van der Waals surface area (Å²) in [6.07, 6.45) is 2.13. The quantitative estimate of drug-likeness (QED) is 0.687. The molecule has 0 aliphatic carbocycles. The number of carbonyl (C=O) groups is 1. The third-order valence-corrected chi connectivity index (χ3v) is 6.99. The lowest BCUT2D eigenvalue weighted by molar-refractivity contribution is -0.120. The molecule has 0 radical (unpaired) electrons. The molecule has 1 atom stereocenters. The molecule has 2 aromatic carbocycles. The number of rotatable bonds is 7. The maximum absolute atomic E-state index is 12.5. The van der Waals surface area contributed by atoms with Crippen molar-refractivity contribution < 1.29 is 21.6 Å². The van der Waals surface area contributed by atoms with Crippen molar-refractivity contribution in [3.8, 4) is 0 Å². The highest BCUT2D eigenvalue weighted by molar-refractivity contribution is 7.92. The van der Waals surface area contributed by atoms with Crippen molar-refractivity contribution in [2.75, 3.05) is 23.4 Å². The van der Waals surface area contributed by atoms with E-state index in [9.17, 15) is 21.6 Å². The molecule has 0 aliphatic heterocycles. The first kappa shape index (κ1) is 23.2. The summed E-state index contributed by atoms with van der Waals surface area (Å²) in [5.74, 6) is -0.508. The van der Waals surface area contributed by atoms with Crippen molar-refractivity contribution in [1.29, 1.82) is 0 Å². The van der Waals surface area contributed by atoms with Crippen LogP contribution in [-0.4, -0.2) is 41.8 Å². The van der Waals surface area contributed by atoms with Crippen LogP contribution in [0.5, 0.6) is 0 Å². The van der Waals surface area contributed by atoms with Crippen molar-refractivity contribution in [3.05, 3.63) is 58.6 Å². The Balaban J connectivity index is 2.16. The Morgan fingerprint density at radius 2 is 1.66 bits per heavy atom. The number of carbonyl (C=O) groups excluding carboxylic acids is 1. The van der Waals surface area contributed by atoms with Gasteiger partial charge in [0, 0.05) is 11.3 Å². The van der Waals surface area contributed by atoms with Crippen molar-refractivity contribution in [1.82, 2.24) is 5.32 Å². The summed E-state index contributed by atoms with van der Waals surface area (Å²) in [5.41, 5.74) is 1.78. The molecular formula is C19H23ClN2O5S2. The number of sulfone groups is 1. The topological polar surface area (TPSA) is 101 Å². The predicted molar refractivity (Wildman–Crippen MR) is 114 cm³/mol. The van der Waals surface area contributed by atoms with E-state index in [-0.39, 0.29) is 4.90 Å². The molecule has 0 saturated heterocycles. The van der Waals surface area contributed by atoms with E-state index in [4.69, 9.17) is 11.6 Å². The van der Waals surface area contributed by atoms with E-state index < -0.39 is 38.4 Å². The minimum absolute atomic E-state index is 0.180. The number of amides is 1. The number of aryl methyl sites for hydroxylation is 1. The summed E-state index contributed by atoms with van der Waals surface area (Å²) in [5, 5.41) is 3.12. The SMILES string of the molecule is Cc1ccc(N(CC(=O)N[C@H](C)c2ccc(S(C)(=O)=O)cc2)S(C)(=O)=O)cc1Cl. The van der Waals surface area contributed by atoms with Gasteiger partial charge in [-0.2, -0.15) is 0 Å². The maximum atomic E-state index is 12.5. The number of nitrogens with zero attached hydrogens (tertiary/aromatic N) is 1. The van der Waals surface area contributed by atoms with Gasteiger partial charge in [-0.25, -0.2) is 16.8 Å². The van der Waals surface area contributed by atoms with E-state index in [1.165, 1.54) is 18.2 Å². The van der Waals surface area contributed by atoms with Crippen LogP contribution < -0.4 is 9.62 Å². The third kappa shape index (κ3) is 6.19. The van der Waals surface area contributed by atoms with Crippen LogP contribution in [0, 0.1) is 6.92 Å². The van der Waals surface area contributed by atoms with E-state index >= 15 is 0 Å². The summed E-state index contributed by atoms with van der Waals surface area (Å²) in [4.78, 5) is 12.7. The number of nitrogens with one attached hydrogen (secondary N) is 1. The summed E-state index contributed by atoms with van der Waals surface area (Å²) in [7, 11) is -7.03. The van der Waals surface area contributed by atoms with E-state index in [2.05, 4.69) is 5.32 Å². The van der Waals surface area contributed by atoms with Crippen molar-refractivity contribution in [2.45, 2.75) is 24.8 Å². The molecular weight excluding hydrogens is 436 g/mol. The lowest BCUT2D eigenvalue weighted by Gasteiger charge is -2.23. The van der Waals surface area contributed by atoms with Gasteiger partial charge in [-0.15, -0.1) is 0 Å². The highest BCUT2D eigenvalue weighted by Crippen LogP contribution is 2.25. The average molecular weight is 459 g/mol. The second-order valence-corrected chi connectivity index (χ2v) is 11.2. The van der Waals surface area contributed by atoms with Gasteiger partial charge in [-0.1, -0.05) is 29.8 Å². The predicted octanol–water partition coefficient (Wildman–Crippen LogP) is 2.70. The zero-order valence-corrected chi connectivity index (χ0v) is 18.9. The lowest BCUT2D eigenvalue weighted by Crippen LogP contribution is -2.41. The molecule has 1 amide bonds. The van der Waals surface area contributed by atoms with Crippen molar-refractivity contribution in [2.24, 2.45) is 0 Å². The van der Waals surface area contributed by atoms with E-state index in [0.717, 1.165) is 22.4 Å². The zero-order chi connectivity index (χ0) is 22.0. The largest absolute Gasteiger partial charge is 0.348 e. The lowest BCUT2D eigenvalue weighted by atomic mass is 10.1. The van der Waals surface area contributed by atoms with E-state index in [0.29, 0.717) is 16.3 Å². The fourth-order valence-electron chi connectivity index (χ4n) is 2.64. The van der Waals surface area contributed by atoms with Crippen molar-refractivity contribution >= 4 is 43.1 Å². The molecule has 10 heteroatoms. The van der Waals surface area contributed by atoms with Gasteiger partial charge in [0.1, 0.15) is 6.54 Å². The van der Waals surface area contributed by atoms with Crippen LogP contribution in [0.4, 0.5) is 5.69 Å². The molecule has 158 valence electrons. The second kappa shape index (κ2) is 8.73. The van der Waals surface area contributed by atoms with Gasteiger partial charge in [0.25, 0.3) is 0 Å². The Labute approximate surface area is 176 Å². The van der Waals surface area contributed by atoms with Gasteiger partial charge in [0.05, 0.1) is 22.9 Å². The zero-order valence-electron chi connectivity index (χ0n) is 16.5. The first-order chi connectivity index (χ1) is 13.3. The van der Waals surface area contributed by atoms with Gasteiger partial charge in [0.15, 0.2) is 9.84 Å². The van der Waals surface area contributed by atoms with Crippen LogP contribution >= 0.6 is 11.6 Å². The molecule has 0 aliphatic rings. The molecule has 2 rings (SSSR count). The molecule has 0 bridgehead atoms. The monoisotopic (exact) mass is 458 g/mol. The van der Waals surface area contributed by atoms with Crippen LogP contribution in [0.25, 0.3) is 0 Å². The molecule has 0 fully saturated rings. The molecule has 0 saturated carbocycles. The van der Waals surface area contributed by atoms with Gasteiger partial charge in [-0.05, 0) is 49.2 Å². The first-order valence-electron chi connectivity index (χ1n) is 8.62. The Morgan fingerprint density at radius 3 is 2.14 bits per heavy atom. The molecule has 0 spiro atoms. The Hall–Kier alpha value is -2.10.